The van der Waals surface area contributed by atoms with Crippen molar-refractivity contribution < 1.29 is 24.9 Å². The van der Waals surface area contributed by atoms with Crippen LogP contribution in [0.15, 0.2) is 0 Å². The molecule has 1 aliphatic heterocycles. The van der Waals surface area contributed by atoms with E-state index >= 15 is 0 Å². The number of urea groups is 1. The van der Waals surface area contributed by atoms with Gasteiger partial charge in [0, 0.05) is 26.1 Å². The molecule has 17 heavy (non-hydrogen) atoms. The quantitative estimate of drug-likeness (QED) is 0.508. The molecular weight excluding hydrogens is 228 g/mol. The van der Waals surface area contributed by atoms with Gasteiger partial charge >= 0.3 is 12.0 Å². The summed E-state index contributed by atoms with van der Waals surface area (Å²) in [6, 6.07) is -1.53. The maximum Gasteiger partial charge on any atom is 0.326 e. The number of nitrogens with one attached hydrogen (secondary N) is 1. The highest BCUT2D eigenvalue weighted by Crippen LogP contribution is 2.10. The van der Waals surface area contributed by atoms with Gasteiger partial charge in [-0.25, -0.2) is 9.59 Å². The zero-order valence-corrected chi connectivity index (χ0v) is 9.50. The van der Waals surface area contributed by atoms with Crippen molar-refractivity contribution in [1.29, 1.82) is 0 Å². The molecule has 0 saturated carbocycles. The SMILES string of the molecule is O=C(O)[C@H](CCO)NC(=O)N1CCC(O)CC1. The van der Waals surface area contributed by atoms with E-state index in [9.17, 15) is 14.7 Å². The topological polar surface area (TPSA) is 110 Å². The summed E-state index contributed by atoms with van der Waals surface area (Å²) < 4.78 is 0. The largest absolute Gasteiger partial charge is 0.480 e. The lowest BCUT2D eigenvalue weighted by Crippen LogP contribution is -2.50. The van der Waals surface area contributed by atoms with Gasteiger partial charge in [-0.15, -0.1) is 0 Å². The first-order valence-electron chi connectivity index (χ1n) is 5.61. The van der Waals surface area contributed by atoms with E-state index in [-0.39, 0.29) is 19.1 Å². The zero-order chi connectivity index (χ0) is 12.8. The maximum atomic E-state index is 11.7. The Bertz CT molecular complexity index is 276. The van der Waals surface area contributed by atoms with Crippen molar-refractivity contribution in [2.24, 2.45) is 0 Å². The van der Waals surface area contributed by atoms with Crippen molar-refractivity contribution in [3.8, 4) is 0 Å². The Kier molecular flexibility index (Phi) is 5.17. The minimum Gasteiger partial charge on any atom is -0.480 e. The van der Waals surface area contributed by atoms with Crippen LogP contribution in [0.1, 0.15) is 19.3 Å². The van der Waals surface area contributed by atoms with E-state index in [1.165, 1.54) is 4.90 Å². The molecule has 1 rings (SSSR count). The average molecular weight is 246 g/mol. The van der Waals surface area contributed by atoms with Crippen molar-refractivity contribution in [3.63, 3.8) is 0 Å². The van der Waals surface area contributed by atoms with E-state index in [0.717, 1.165) is 0 Å². The molecule has 7 nitrogen and oxygen atoms in total. The van der Waals surface area contributed by atoms with Crippen LogP contribution in [0.3, 0.4) is 0 Å². The van der Waals surface area contributed by atoms with Gasteiger partial charge in [-0.2, -0.15) is 0 Å². The monoisotopic (exact) mass is 246 g/mol. The molecule has 0 bridgehead atoms. The Morgan fingerprint density at radius 1 is 1.35 bits per heavy atom. The third-order valence-electron chi connectivity index (χ3n) is 2.77. The summed E-state index contributed by atoms with van der Waals surface area (Å²) in [6.45, 7) is 0.535. The van der Waals surface area contributed by atoms with E-state index < -0.39 is 18.0 Å². The minimum absolute atomic E-state index is 0.0163. The van der Waals surface area contributed by atoms with Crippen LogP contribution in [0.2, 0.25) is 0 Å². The number of aliphatic carboxylic acids is 1. The highest BCUT2D eigenvalue weighted by atomic mass is 16.4. The minimum atomic E-state index is -1.16. The van der Waals surface area contributed by atoms with Gasteiger partial charge in [0.25, 0.3) is 0 Å². The van der Waals surface area contributed by atoms with Crippen LogP contribution in [-0.2, 0) is 4.79 Å². The van der Waals surface area contributed by atoms with Crippen molar-refractivity contribution in [3.05, 3.63) is 0 Å². The van der Waals surface area contributed by atoms with Crippen molar-refractivity contribution in [2.75, 3.05) is 19.7 Å². The molecule has 1 fully saturated rings. The summed E-state index contributed by atoms with van der Waals surface area (Å²) >= 11 is 0. The number of aliphatic hydroxyl groups is 2. The summed E-state index contributed by atoms with van der Waals surface area (Å²) in [4.78, 5) is 23.9. The van der Waals surface area contributed by atoms with Gasteiger partial charge in [-0.3, -0.25) is 0 Å². The number of rotatable bonds is 4. The highest BCUT2D eigenvalue weighted by molar-refractivity contribution is 5.82. The molecule has 1 aliphatic rings. The Hall–Kier alpha value is -1.34. The average Bonchev–Trinajstić information content (AvgIpc) is 2.29. The van der Waals surface area contributed by atoms with Gasteiger partial charge in [0.2, 0.25) is 0 Å². The third kappa shape index (κ3) is 4.20. The van der Waals surface area contributed by atoms with Gasteiger partial charge in [-0.1, -0.05) is 0 Å². The lowest BCUT2D eigenvalue weighted by atomic mass is 10.1. The lowest BCUT2D eigenvalue weighted by molar-refractivity contribution is -0.139. The van der Waals surface area contributed by atoms with Crippen LogP contribution >= 0.6 is 0 Å². The summed E-state index contributed by atoms with van der Waals surface area (Å²) in [5.41, 5.74) is 0. The van der Waals surface area contributed by atoms with Crippen molar-refractivity contribution in [1.82, 2.24) is 10.2 Å². The number of carboxylic acids is 1. The number of hydrogen-bond acceptors (Lipinski definition) is 4. The van der Waals surface area contributed by atoms with Crippen LogP contribution in [0.25, 0.3) is 0 Å². The second-order valence-corrected chi connectivity index (χ2v) is 4.07. The number of carboxylic acid groups (broad SMARTS) is 1. The number of carbonyl (C=O) groups is 2. The fourth-order valence-electron chi connectivity index (χ4n) is 1.70. The summed E-state index contributed by atoms with van der Waals surface area (Å²) in [7, 11) is 0. The molecule has 0 aliphatic carbocycles. The number of amides is 2. The Labute approximate surface area is 99.0 Å². The molecule has 0 unspecified atom stereocenters. The Morgan fingerprint density at radius 3 is 2.41 bits per heavy atom. The predicted octanol–water partition coefficient (Wildman–Crippen LogP) is -1.01. The van der Waals surface area contributed by atoms with E-state index in [0.29, 0.717) is 25.9 Å². The Morgan fingerprint density at radius 2 is 1.94 bits per heavy atom. The third-order valence-corrected chi connectivity index (χ3v) is 2.77. The standard InChI is InChI=1S/C10H18N2O5/c13-6-3-8(9(15)16)11-10(17)12-4-1-7(14)2-5-12/h7-8,13-14H,1-6H2,(H,11,17)(H,15,16)/t8-/m0/s1. The molecule has 0 radical (unpaired) electrons. The van der Waals surface area contributed by atoms with Crippen molar-refractivity contribution in [2.45, 2.75) is 31.4 Å². The van der Waals surface area contributed by atoms with Crippen LogP contribution < -0.4 is 5.32 Å². The number of likely N-dealkylation sites (tertiary alicyclic amines) is 1. The molecule has 2 amide bonds. The molecule has 7 heteroatoms. The van der Waals surface area contributed by atoms with Crippen LogP contribution in [-0.4, -0.2) is 64.1 Å². The first-order valence-corrected chi connectivity index (χ1v) is 5.61. The molecule has 98 valence electrons. The molecule has 0 spiro atoms. The maximum absolute atomic E-state index is 11.7. The van der Waals surface area contributed by atoms with Crippen LogP contribution in [0.4, 0.5) is 4.79 Å². The van der Waals surface area contributed by atoms with Gasteiger partial charge in [-0.05, 0) is 12.8 Å². The van der Waals surface area contributed by atoms with E-state index in [1.807, 2.05) is 0 Å². The summed E-state index contributed by atoms with van der Waals surface area (Å²) in [6.07, 6.45) is 0.611. The summed E-state index contributed by atoms with van der Waals surface area (Å²) in [5, 5.41) is 29.1. The Balaban J connectivity index is 2.44. The van der Waals surface area contributed by atoms with Gasteiger partial charge in [0.05, 0.1) is 6.10 Å². The van der Waals surface area contributed by atoms with E-state index in [4.69, 9.17) is 10.2 Å². The normalized spacial score (nSPS) is 18.8. The molecule has 1 heterocycles. The molecular formula is C10H18N2O5. The first kappa shape index (κ1) is 13.7. The fraction of sp³-hybridized carbons (Fsp3) is 0.800. The van der Waals surface area contributed by atoms with E-state index in [1.54, 1.807) is 0 Å². The second-order valence-electron chi connectivity index (χ2n) is 4.07. The first-order chi connectivity index (χ1) is 8.04. The highest BCUT2D eigenvalue weighted by Gasteiger charge is 2.25. The molecule has 0 aromatic heterocycles. The molecule has 1 atom stereocenters. The number of piperidine rings is 1. The molecule has 1 saturated heterocycles. The molecule has 4 N–H and O–H groups in total. The lowest BCUT2D eigenvalue weighted by Gasteiger charge is -2.30. The van der Waals surface area contributed by atoms with Gasteiger partial charge < -0.3 is 25.5 Å². The predicted molar refractivity (Wildman–Crippen MR) is 58.5 cm³/mol. The number of aliphatic hydroxyl groups excluding tert-OH is 2. The van der Waals surface area contributed by atoms with Gasteiger partial charge in [0.1, 0.15) is 6.04 Å². The van der Waals surface area contributed by atoms with Crippen LogP contribution in [0.5, 0.6) is 0 Å². The van der Waals surface area contributed by atoms with Crippen LogP contribution in [0, 0.1) is 0 Å². The number of carbonyl (C=O) groups excluding carboxylic acids is 1. The second kappa shape index (κ2) is 6.41. The van der Waals surface area contributed by atoms with Crippen molar-refractivity contribution >= 4 is 12.0 Å². The number of nitrogens with zero attached hydrogens (tertiary/aromatic N) is 1. The smallest absolute Gasteiger partial charge is 0.326 e. The fourth-order valence-corrected chi connectivity index (χ4v) is 1.70. The summed E-state index contributed by atoms with van der Waals surface area (Å²) in [5.74, 6) is -1.16. The zero-order valence-electron chi connectivity index (χ0n) is 9.50. The number of hydrogen-bond donors (Lipinski definition) is 4. The van der Waals surface area contributed by atoms with Gasteiger partial charge in [0.15, 0.2) is 0 Å². The molecule has 0 aromatic carbocycles. The van der Waals surface area contributed by atoms with E-state index in [2.05, 4.69) is 5.32 Å². The molecule has 0 aromatic rings.